The Hall–Kier alpha value is -2.14. The third kappa shape index (κ3) is 2.95. The highest BCUT2D eigenvalue weighted by atomic mass is 16.5. The summed E-state index contributed by atoms with van der Waals surface area (Å²) in [5.41, 5.74) is 1.71. The van der Waals surface area contributed by atoms with E-state index in [9.17, 15) is 4.79 Å². The second-order valence-corrected chi connectivity index (χ2v) is 3.69. The molecule has 0 saturated heterocycles. The van der Waals surface area contributed by atoms with Crippen LogP contribution in [0.2, 0.25) is 0 Å². The van der Waals surface area contributed by atoms with Crippen molar-refractivity contribution < 1.29 is 9.53 Å². The Kier molecular flexibility index (Phi) is 4.09. The maximum atomic E-state index is 11.9. The van der Waals surface area contributed by atoms with Gasteiger partial charge in [-0.2, -0.15) is 0 Å². The molecule has 0 fully saturated rings. The zero-order valence-electron chi connectivity index (χ0n) is 10.2. The van der Waals surface area contributed by atoms with Gasteiger partial charge in [0.1, 0.15) is 6.33 Å². The van der Waals surface area contributed by atoms with E-state index in [1.807, 2.05) is 31.2 Å². The maximum Gasteiger partial charge on any atom is 0.331 e. The van der Waals surface area contributed by atoms with Crippen LogP contribution in [0.1, 0.15) is 12.5 Å². The average molecular weight is 245 g/mol. The summed E-state index contributed by atoms with van der Waals surface area (Å²) in [7, 11) is 0. The normalized spacial score (nSPS) is 10.3. The molecule has 2 aromatic rings. The van der Waals surface area contributed by atoms with Crippen molar-refractivity contribution in [2.45, 2.75) is 13.5 Å². The number of aromatic nitrogens is 2. The van der Waals surface area contributed by atoms with E-state index >= 15 is 0 Å². The van der Waals surface area contributed by atoms with Gasteiger partial charge in [0.25, 0.3) is 0 Å². The molecule has 0 radical (unpaired) electrons. The van der Waals surface area contributed by atoms with Crippen LogP contribution in [0.25, 0.3) is 0 Å². The molecule has 0 spiro atoms. The summed E-state index contributed by atoms with van der Waals surface area (Å²) >= 11 is 0. The molecule has 0 saturated carbocycles. The fraction of sp³-hybridized carbons (Fsp3) is 0.231. The quantitative estimate of drug-likeness (QED) is 0.900. The lowest BCUT2D eigenvalue weighted by atomic mass is 10.2. The molecule has 2 rings (SSSR count). The predicted molar refractivity (Wildman–Crippen MR) is 68.4 cm³/mol. The van der Waals surface area contributed by atoms with Crippen LogP contribution >= 0.6 is 0 Å². The van der Waals surface area contributed by atoms with Gasteiger partial charge in [0.15, 0.2) is 0 Å². The van der Waals surface area contributed by atoms with Crippen molar-refractivity contribution in [1.29, 1.82) is 0 Å². The lowest BCUT2D eigenvalue weighted by Crippen LogP contribution is -2.18. The molecule has 18 heavy (non-hydrogen) atoms. The topological polar surface area (TPSA) is 56.1 Å². The second kappa shape index (κ2) is 5.97. The van der Waals surface area contributed by atoms with Gasteiger partial charge in [-0.25, -0.2) is 9.78 Å². The minimum Gasteiger partial charge on any atom is -0.377 e. The average Bonchev–Trinajstić information content (AvgIpc) is 2.91. The first-order valence-corrected chi connectivity index (χ1v) is 5.76. The summed E-state index contributed by atoms with van der Waals surface area (Å²) in [6.45, 7) is 3.06. The van der Waals surface area contributed by atoms with Gasteiger partial charge in [0, 0.05) is 30.3 Å². The van der Waals surface area contributed by atoms with Gasteiger partial charge in [0.2, 0.25) is 0 Å². The summed E-state index contributed by atoms with van der Waals surface area (Å²) in [4.78, 5) is 15.7. The lowest BCUT2D eigenvalue weighted by Gasteiger charge is -2.10. The zero-order valence-corrected chi connectivity index (χ0v) is 10.2. The summed E-state index contributed by atoms with van der Waals surface area (Å²) in [5, 5.41) is 2.83. The molecule has 0 aliphatic carbocycles. The van der Waals surface area contributed by atoms with E-state index in [2.05, 4.69) is 10.3 Å². The van der Waals surface area contributed by atoms with Gasteiger partial charge >= 0.3 is 6.03 Å². The molecule has 0 bridgehead atoms. The first-order valence-electron chi connectivity index (χ1n) is 5.76. The van der Waals surface area contributed by atoms with E-state index < -0.39 is 0 Å². The molecule has 1 aromatic heterocycles. The maximum absolute atomic E-state index is 11.9. The van der Waals surface area contributed by atoms with Crippen molar-refractivity contribution in [3.05, 3.63) is 48.5 Å². The number of hydrogen-bond acceptors (Lipinski definition) is 3. The van der Waals surface area contributed by atoms with E-state index in [4.69, 9.17) is 4.74 Å². The number of nitrogens with zero attached hydrogens (tertiary/aromatic N) is 2. The fourth-order valence-electron chi connectivity index (χ4n) is 1.54. The van der Waals surface area contributed by atoms with Gasteiger partial charge in [-0.3, -0.25) is 4.57 Å². The Morgan fingerprint density at radius 3 is 3.00 bits per heavy atom. The fourth-order valence-corrected chi connectivity index (χ4v) is 1.54. The number of hydrogen-bond donors (Lipinski definition) is 1. The number of para-hydroxylation sites is 1. The summed E-state index contributed by atoms with van der Waals surface area (Å²) in [6, 6.07) is 7.33. The highest BCUT2D eigenvalue weighted by Gasteiger charge is 2.07. The van der Waals surface area contributed by atoms with Crippen molar-refractivity contribution in [3.8, 4) is 0 Å². The van der Waals surface area contributed by atoms with E-state index in [1.54, 1.807) is 12.4 Å². The van der Waals surface area contributed by atoms with E-state index in [0.29, 0.717) is 13.2 Å². The van der Waals surface area contributed by atoms with Gasteiger partial charge < -0.3 is 10.1 Å². The zero-order chi connectivity index (χ0) is 12.8. The molecule has 94 valence electrons. The van der Waals surface area contributed by atoms with Gasteiger partial charge in [-0.1, -0.05) is 18.2 Å². The minimum atomic E-state index is -0.239. The smallest absolute Gasteiger partial charge is 0.331 e. The Morgan fingerprint density at radius 1 is 1.44 bits per heavy atom. The molecule has 5 nitrogen and oxygen atoms in total. The first kappa shape index (κ1) is 12.3. The third-order valence-corrected chi connectivity index (χ3v) is 2.46. The van der Waals surface area contributed by atoms with Crippen LogP contribution in [-0.2, 0) is 11.3 Å². The summed E-state index contributed by atoms with van der Waals surface area (Å²) < 4.78 is 6.75. The van der Waals surface area contributed by atoms with Crippen LogP contribution in [-0.4, -0.2) is 22.2 Å². The Balaban J connectivity index is 2.11. The Bertz CT molecular complexity index is 509. The van der Waals surface area contributed by atoms with Crippen LogP contribution in [0.5, 0.6) is 0 Å². The van der Waals surface area contributed by atoms with Gasteiger partial charge in [0.05, 0.1) is 6.61 Å². The first-order chi connectivity index (χ1) is 8.81. The Morgan fingerprint density at radius 2 is 2.28 bits per heavy atom. The lowest BCUT2D eigenvalue weighted by molar-refractivity contribution is 0.134. The predicted octanol–water partition coefficient (Wildman–Crippen LogP) is 2.50. The number of carbonyl (C=O) groups is 1. The van der Waals surface area contributed by atoms with Crippen molar-refractivity contribution in [3.63, 3.8) is 0 Å². The van der Waals surface area contributed by atoms with Gasteiger partial charge in [-0.05, 0) is 13.0 Å². The van der Waals surface area contributed by atoms with E-state index in [0.717, 1.165) is 11.3 Å². The highest BCUT2D eigenvalue weighted by Crippen LogP contribution is 2.16. The van der Waals surface area contributed by atoms with E-state index in [1.165, 1.54) is 10.9 Å². The molecule has 0 atom stereocenters. The molecule has 1 amide bonds. The van der Waals surface area contributed by atoms with Crippen molar-refractivity contribution >= 4 is 11.7 Å². The summed E-state index contributed by atoms with van der Waals surface area (Å²) in [5.74, 6) is 0. The minimum absolute atomic E-state index is 0.239. The number of benzene rings is 1. The van der Waals surface area contributed by atoms with Crippen LogP contribution in [0.4, 0.5) is 10.5 Å². The standard InChI is InChI=1S/C13H15N3O2/c1-2-18-9-11-5-3-4-6-12(11)15-13(17)16-8-7-14-10-16/h3-8,10H,2,9H2,1H3,(H,15,17). The molecule has 1 aromatic carbocycles. The number of carbonyl (C=O) groups excluding carboxylic acids is 1. The molecule has 5 heteroatoms. The SMILES string of the molecule is CCOCc1ccccc1NC(=O)n1ccnc1. The molecule has 1 N–H and O–H groups in total. The van der Waals surface area contributed by atoms with Crippen molar-refractivity contribution in [2.24, 2.45) is 0 Å². The number of anilines is 1. The molecular weight excluding hydrogens is 230 g/mol. The number of nitrogens with one attached hydrogen (secondary N) is 1. The monoisotopic (exact) mass is 245 g/mol. The van der Waals surface area contributed by atoms with E-state index in [-0.39, 0.29) is 6.03 Å². The van der Waals surface area contributed by atoms with Crippen LogP contribution in [0.3, 0.4) is 0 Å². The Labute approximate surface area is 105 Å². The van der Waals surface area contributed by atoms with Crippen LogP contribution in [0.15, 0.2) is 43.0 Å². The largest absolute Gasteiger partial charge is 0.377 e. The van der Waals surface area contributed by atoms with Crippen molar-refractivity contribution in [2.75, 3.05) is 11.9 Å². The summed E-state index contributed by atoms with van der Waals surface area (Å²) in [6.07, 6.45) is 4.62. The van der Waals surface area contributed by atoms with Gasteiger partial charge in [-0.15, -0.1) is 0 Å². The number of amides is 1. The third-order valence-electron chi connectivity index (χ3n) is 2.46. The van der Waals surface area contributed by atoms with Crippen molar-refractivity contribution in [1.82, 2.24) is 9.55 Å². The highest BCUT2D eigenvalue weighted by molar-refractivity contribution is 5.91. The van der Waals surface area contributed by atoms with Crippen LogP contribution in [0, 0.1) is 0 Å². The molecule has 0 unspecified atom stereocenters. The number of imidazole rings is 1. The molecule has 1 heterocycles. The molecular formula is C13H15N3O2. The number of ether oxygens (including phenoxy) is 1. The van der Waals surface area contributed by atoms with Crippen LogP contribution < -0.4 is 5.32 Å². The number of rotatable bonds is 4. The molecule has 0 aliphatic heterocycles. The second-order valence-electron chi connectivity index (χ2n) is 3.69. The molecule has 0 aliphatic rings.